The molecule has 2 aromatic rings. The van der Waals surface area contributed by atoms with Gasteiger partial charge in [0.2, 0.25) is 0 Å². The van der Waals surface area contributed by atoms with Gasteiger partial charge in [0.25, 0.3) is 5.91 Å². The van der Waals surface area contributed by atoms with Crippen molar-refractivity contribution >= 4 is 5.91 Å². The fourth-order valence-electron chi connectivity index (χ4n) is 2.80. The molecule has 0 unspecified atom stereocenters. The summed E-state index contributed by atoms with van der Waals surface area (Å²) in [6, 6.07) is 12.6. The highest BCUT2D eigenvalue weighted by atomic mass is 16.1. The Morgan fingerprint density at radius 3 is 2.57 bits per heavy atom. The Balaban J connectivity index is 2.09. The third-order valence-corrected chi connectivity index (χ3v) is 4.12. The zero-order chi connectivity index (χ0) is 16.8. The van der Waals surface area contributed by atoms with E-state index >= 15 is 0 Å². The zero-order valence-corrected chi connectivity index (χ0v) is 14.5. The molecule has 0 aliphatic carbocycles. The Kier molecular flexibility index (Phi) is 5.99. The van der Waals surface area contributed by atoms with E-state index in [-0.39, 0.29) is 11.9 Å². The van der Waals surface area contributed by atoms with E-state index in [1.807, 2.05) is 38.1 Å². The first-order chi connectivity index (χ1) is 11.0. The second-order valence-corrected chi connectivity index (χ2v) is 6.03. The second kappa shape index (κ2) is 7.97. The van der Waals surface area contributed by atoms with Gasteiger partial charge in [-0.2, -0.15) is 0 Å². The molecule has 2 N–H and O–H groups in total. The Morgan fingerprint density at radius 1 is 1.22 bits per heavy atom. The van der Waals surface area contributed by atoms with Crippen LogP contribution in [0.4, 0.5) is 0 Å². The lowest BCUT2D eigenvalue weighted by Crippen LogP contribution is -2.38. The molecule has 0 saturated carbocycles. The molecule has 1 amide bonds. The van der Waals surface area contributed by atoms with Crippen molar-refractivity contribution in [1.82, 2.24) is 15.2 Å². The third kappa shape index (κ3) is 4.45. The molecule has 1 aromatic heterocycles. The Hall–Kier alpha value is -2.07. The predicted molar refractivity (Wildman–Crippen MR) is 94.9 cm³/mol. The summed E-state index contributed by atoms with van der Waals surface area (Å²) in [7, 11) is 0. The maximum absolute atomic E-state index is 12.4. The number of carbonyl (C=O) groups is 1. The molecular formula is C19H27N3O. The van der Waals surface area contributed by atoms with Gasteiger partial charge < -0.3 is 15.2 Å². The summed E-state index contributed by atoms with van der Waals surface area (Å²) in [6.07, 6.45) is 0. The molecular weight excluding hydrogens is 286 g/mol. The number of carbonyl (C=O) groups excluding carboxylic acids is 1. The van der Waals surface area contributed by atoms with Gasteiger partial charge in [0.1, 0.15) is 0 Å². The van der Waals surface area contributed by atoms with E-state index < -0.39 is 0 Å². The number of aryl methyl sites for hydroxylation is 1. The molecule has 1 heterocycles. The summed E-state index contributed by atoms with van der Waals surface area (Å²) in [6.45, 7) is 10.5. The van der Waals surface area contributed by atoms with E-state index in [4.69, 9.17) is 0 Å². The number of nitrogens with zero attached hydrogens (tertiary/aromatic N) is 1. The topological polar surface area (TPSA) is 46.1 Å². The first kappa shape index (κ1) is 17.3. The number of amides is 1. The fraction of sp³-hybridized carbons (Fsp3) is 0.421. The van der Waals surface area contributed by atoms with Gasteiger partial charge in [-0.1, -0.05) is 37.3 Å². The molecule has 4 nitrogen and oxygen atoms in total. The summed E-state index contributed by atoms with van der Waals surface area (Å²) in [4.78, 5) is 12.4. The molecule has 0 saturated heterocycles. The number of likely N-dealkylation sites (N-methyl/N-ethyl adjacent to an activating group) is 1. The number of benzene rings is 1. The predicted octanol–water partition coefficient (Wildman–Crippen LogP) is 2.88. The van der Waals surface area contributed by atoms with Crippen molar-refractivity contribution in [3.8, 4) is 0 Å². The molecule has 0 aliphatic rings. The van der Waals surface area contributed by atoms with Crippen LogP contribution in [0.3, 0.4) is 0 Å². The smallest absolute Gasteiger partial charge is 0.253 e. The van der Waals surface area contributed by atoms with Gasteiger partial charge in [-0.15, -0.1) is 0 Å². The molecule has 0 radical (unpaired) electrons. The van der Waals surface area contributed by atoms with Crippen LogP contribution in [0.2, 0.25) is 0 Å². The quantitative estimate of drug-likeness (QED) is 0.825. The normalized spacial score (nSPS) is 12.2. The highest BCUT2D eigenvalue weighted by molar-refractivity contribution is 5.95. The van der Waals surface area contributed by atoms with Crippen molar-refractivity contribution in [2.24, 2.45) is 0 Å². The van der Waals surface area contributed by atoms with Crippen molar-refractivity contribution in [3.05, 3.63) is 58.9 Å². The average Bonchev–Trinajstić information content (AvgIpc) is 2.82. The van der Waals surface area contributed by atoms with Crippen LogP contribution >= 0.6 is 0 Å². The highest BCUT2D eigenvalue weighted by Gasteiger charge is 2.16. The minimum atomic E-state index is 0.00200. The average molecular weight is 313 g/mol. The van der Waals surface area contributed by atoms with Crippen LogP contribution < -0.4 is 10.6 Å². The van der Waals surface area contributed by atoms with Gasteiger partial charge in [-0.05, 0) is 38.9 Å². The van der Waals surface area contributed by atoms with Gasteiger partial charge in [-0.25, -0.2) is 0 Å². The third-order valence-electron chi connectivity index (χ3n) is 4.12. The van der Waals surface area contributed by atoms with E-state index in [1.54, 1.807) is 0 Å². The first-order valence-corrected chi connectivity index (χ1v) is 8.25. The summed E-state index contributed by atoms with van der Waals surface area (Å²) >= 11 is 0. The molecule has 1 aromatic carbocycles. The van der Waals surface area contributed by atoms with Crippen molar-refractivity contribution < 1.29 is 4.79 Å². The molecule has 0 spiro atoms. The van der Waals surface area contributed by atoms with Crippen LogP contribution in [0.5, 0.6) is 0 Å². The molecule has 1 atom stereocenters. The van der Waals surface area contributed by atoms with Crippen molar-refractivity contribution in [1.29, 1.82) is 0 Å². The van der Waals surface area contributed by atoms with Gasteiger partial charge in [0.05, 0.1) is 5.56 Å². The van der Waals surface area contributed by atoms with Gasteiger partial charge in [0.15, 0.2) is 0 Å². The molecule has 124 valence electrons. The van der Waals surface area contributed by atoms with Crippen LogP contribution in [-0.2, 0) is 6.54 Å². The summed E-state index contributed by atoms with van der Waals surface area (Å²) < 4.78 is 2.19. The number of hydrogen-bond acceptors (Lipinski definition) is 2. The van der Waals surface area contributed by atoms with E-state index in [2.05, 4.69) is 41.2 Å². The monoisotopic (exact) mass is 313 g/mol. The highest BCUT2D eigenvalue weighted by Crippen LogP contribution is 2.17. The van der Waals surface area contributed by atoms with Crippen molar-refractivity contribution in [3.63, 3.8) is 0 Å². The number of nitrogens with one attached hydrogen (secondary N) is 2. The van der Waals surface area contributed by atoms with E-state index in [1.165, 1.54) is 5.56 Å². The zero-order valence-electron chi connectivity index (χ0n) is 14.5. The molecule has 0 aliphatic heterocycles. The van der Waals surface area contributed by atoms with Crippen LogP contribution in [0, 0.1) is 13.8 Å². The van der Waals surface area contributed by atoms with Gasteiger partial charge in [0, 0.05) is 30.5 Å². The molecule has 4 heteroatoms. The first-order valence-electron chi connectivity index (χ1n) is 8.25. The molecule has 2 rings (SSSR count). The SMILES string of the molecule is CCN[C@H](C)CNC(=O)c1cc(C)n(Cc2ccccc2)c1C. The van der Waals surface area contributed by atoms with Crippen molar-refractivity contribution in [2.45, 2.75) is 40.3 Å². The minimum absolute atomic E-state index is 0.00200. The van der Waals surface area contributed by atoms with E-state index in [9.17, 15) is 4.79 Å². The number of hydrogen-bond donors (Lipinski definition) is 2. The standard InChI is InChI=1S/C19H27N3O/c1-5-20-14(2)12-21-19(23)18-11-15(3)22(16(18)4)13-17-9-7-6-8-10-17/h6-11,14,20H,5,12-13H2,1-4H3,(H,21,23)/t14-/m1/s1. The Labute approximate surface area is 138 Å². The molecule has 0 bridgehead atoms. The summed E-state index contributed by atoms with van der Waals surface area (Å²) in [5.74, 6) is 0.00200. The lowest BCUT2D eigenvalue weighted by Gasteiger charge is -2.13. The fourth-order valence-corrected chi connectivity index (χ4v) is 2.80. The van der Waals surface area contributed by atoms with Crippen LogP contribution in [0.15, 0.2) is 36.4 Å². The maximum Gasteiger partial charge on any atom is 0.253 e. The van der Waals surface area contributed by atoms with Gasteiger partial charge in [-0.3, -0.25) is 4.79 Å². The van der Waals surface area contributed by atoms with Gasteiger partial charge >= 0.3 is 0 Å². The minimum Gasteiger partial charge on any atom is -0.350 e. The lowest BCUT2D eigenvalue weighted by molar-refractivity contribution is 0.0949. The number of rotatable bonds is 7. The summed E-state index contributed by atoms with van der Waals surface area (Å²) in [5.41, 5.74) is 4.13. The largest absolute Gasteiger partial charge is 0.350 e. The Bertz CT molecular complexity index is 646. The molecule has 23 heavy (non-hydrogen) atoms. The van der Waals surface area contributed by atoms with E-state index in [0.29, 0.717) is 6.54 Å². The second-order valence-electron chi connectivity index (χ2n) is 6.03. The van der Waals surface area contributed by atoms with Crippen LogP contribution in [-0.4, -0.2) is 29.6 Å². The van der Waals surface area contributed by atoms with Crippen LogP contribution in [0.1, 0.15) is 41.2 Å². The van der Waals surface area contributed by atoms with Crippen LogP contribution in [0.25, 0.3) is 0 Å². The lowest BCUT2D eigenvalue weighted by atomic mass is 10.2. The molecule has 0 fully saturated rings. The van der Waals surface area contributed by atoms with E-state index in [0.717, 1.165) is 30.0 Å². The summed E-state index contributed by atoms with van der Waals surface area (Å²) in [5, 5.41) is 6.31. The Morgan fingerprint density at radius 2 is 1.91 bits per heavy atom. The maximum atomic E-state index is 12.4. The number of aromatic nitrogens is 1. The van der Waals surface area contributed by atoms with Crippen molar-refractivity contribution in [2.75, 3.05) is 13.1 Å².